The maximum atomic E-state index is 12.8. The van der Waals surface area contributed by atoms with Crippen molar-refractivity contribution in [1.29, 1.82) is 0 Å². The maximum Gasteiger partial charge on any atom is 0.258 e. The molecule has 0 spiro atoms. The Morgan fingerprint density at radius 3 is 2.68 bits per heavy atom. The van der Waals surface area contributed by atoms with E-state index in [1.165, 1.54) is 5.56 Å². The molecular formula is C22H23N5O. The number of piperidine rings is 1. The zero-order valence-electron chi connectivity index (χ0n) is 16.2. The van der Waals surface area contributed by atoms with Crippen molar-refractivity contribution in [3.8, 4) is 11.3 Å². The summed E-state index contributed by atoms with van der Waals surface area (Å²) in [5, 5.41) is 5.33. The zero-order chi connectivity index (χ0) is 19.3. The van der Waals surface area contributed by atoms with Crippen molar-refractivity contribution in [2.75, 3.05) is 20.1 Å². The lowest BCUT2D eigenvalue weighted by atomic mass is 9.91. The lowest BCUT2D eigenvalue weighted by Crippen LogP contribution is -2.29. The average molecular weight is 373 g/mol. The lowest BCUT2D eigenvalue weighted by molar-refractivity contribution is 0.255. The van der Waals surface area contributed by atoms with Gasteiger partial charge in [0.1, 0.15) is 5.65 Å². The van der Waals surface area contributed by atoms with Gasteiger partial charge in [0, 0.05) is 30.3 Å². The molecule has 1 fully saturated rings. The number of benzene rings is 1. The topological polar surface area (TPSA) is 55.4 Å². The molecule has 4 aromatic rings. The van der Waals surface area contributed by atoms with Crippen LogP contribution in [0.5, 0.6) is 0 Å². The lowest BCUT2D eigenvalue weighted by Gasteiger charge is -2.29. The Balaban J connectivity index is 1.54. The highest BCUT2D eigenvalue weighted by molar-refractivity contribution is 5.84. The maximum absolute atomic E-state index is 12.8. The number of nitrogens with zero attached hydrogens (tertiary/aromatic N) is 5. The van der Waals surface area contributed by atoms with Gasteiger partial charge in [-0.05, 0) is 62.7 Å². The van der Waals surface area contributed by atoms with Gasteiger partial charge in [0.25, 0.3) is 5.56 Å². The van der Waals surface area contributed by atoms with Crippen LogP contribution < -0.4 is 5.56 Å². The molecule has 1 aliphatic heterocycles. The smallest absolute Gasteiger partial charge is 0.258 e. The van der Waals surface area contributed by atoms with E-state index in [4.69, 9.17) is 4.98 Å². The fourth-order valence-corrected chi connectivity index (χ4v) is 4.17. The van der Waals surface area contributed by atoms with Crippen LogP contribution in [0.4, 0.5) is 0 Å². The van der Waals surface area contributed by atoms with Gasteiger partial charge >= 0.3 is 0 Å². The minimum Gasteiger partial charge on any atom is -0.306 e. The number of aromatic nitrogens is 4. The van der Waals surface area contributed by atoms with Crippen LogP contribution in [0.1, 0.15) is 24.3 Å². The van der Waals surface area contributed by atoms with Crippen LogP contribution in [-0.4, -0.2) is 44.2 Å². The monoisotopic (exact) mass is 373 g/mol. The van der Waals surface area contributed by atoms with Gasteiger partial charge in [0.05, 0.1) is 17.4 Å². The van der Waals surface area contributed by atoms with E-state index in [-0.39, 0.29) is 5.56 Å². The Morgan fingerprint density at radius 2 is 1.86 bits per heavy atom. The van der Waals surface area contributed by atoms with E-state index in [1.54, 1.807) is 10.5 Å². The zero-order valence-corrected chi connectivity index (χ0v) is 16.2. The first-order chi connectivity index (χ1) is 13.6. The molecule has 0 atom stereocenters. The average Bonchev–Trinajstić information content (AvgIpc) is 3.08. The van der Waals surface area contributed by atoms with Crippen LogP contribution in [0.25, 0.3) is 27.8 Å². The van der Waals surface area contributed by atoms with Gasteiger partial charge in [-0.15, -0.1) is 0 Å². The molecule has 0 unspecified atom stereocenters. The summed E-state index contributed by atoms with van der Waals surface area (Å²) in [7, 11) is 4.08. The minimum absolute atomic E-state index is 0.0407. The van der Waals surface area contributed by atoms with Crippen LogP contribution in [-0.2, 0) is 7.05 Å². The molecule has 4 heterocycles. The molecule has 6 nitrogen and oxygen atoms in total. The van der Waals surface area contributed by atoms with Crippen molar-refractivity contribution in [1.82, 2.24) is 24.1 Å². The van der Waals surface area contributed by atoms with Gasteiger partial charge in [-0.25, -0.2) is 4.98 Å². The van der Waals surface area contributed by atoms with Crippen LogP contribution in [0.3, 0.4) is 0 Å². The Labute approximate surface area is 163 Å². The number of hydrogen-bond donors (Lipinski definition) is 0. The molecule has 0 bridgehead atoms. The second kappa shape index (κ2) is 6.56. The van der Waals surface area contributed by atoms with E-state index in [0.29, 0.717) is 17.3 Å². The number of rotatable bonds is 2. The third-order valence-electron chi connectivity index (χ3n) is 5.91. The number of hydrogen-bond acceptors (Lipinski definition) is 4. The largest absolute Gasteiger partial charge is 0.306 e. The normalized spacial score (nSPS) is 16.2. The van der Waals surface area contributed by atoms with Crippen LogP contribution in [0.2, 0.25) is 0 Å². The molecule has 1 aromatic carbocycles. The summed E-state index contributed by atoms with van der Waals surface area (Å²) >= 11 is 0. The van der Waals surface area contributed by atoms with Gasteiger partial charge in [0.2, 0.25) is 0 Å². The highest BCUT2D eigenvalue weighted by Crippen LogP contribution is 2.28. The van der Waals surface area contributed by atoms with Crippen molar-refractivity contribution >= 4 is 16.6 Å². The fraction of sp³-hybridized carbons (Fsp3) is 0.318. The number of aryl methyl sites for hydroxylation is 1. The molecule has 0 amide bonds. The van der Waals surface area contributed by atoms with E-state index in [2.05, 4.69) is 23.1 Å². The number of likely N-dealkylation sites (tertiary alicyclic amines) is 1. The van der Waals surface area contributed by atoms with Crippen molar-refractivity contribution in [3.63, 3.8) is 0 Å². The standard InChI is InChI=1S/C22H23N5O/c1-25-9-7-15(8-10-25)17-4-6-21-24-19(12-22(28)27(21)14-17)16-3-5-20-18(11-16)13-23-26(20)2/h3-6,11-15H,7-10H2,1-2H3. The minimum atomic E-state index is -0.0407. The van der Waals surface area contributed by atoms with Crippen LogP contribution in [0, 0.1) is 0 Å². The predicted molar refractivity (Wildman–Crippen MR) is 111 cm³/mol. The molecule has 0 saturated carbocycles. The summed E-state index contributed by atoms with van der Waals surface area (Å²) < 4.78 is 3.52. The molecule has 1 saturated heterocycles. The van der Waals surface area contributed by atoms with E-state index in [1.807, 2.05) is 48.4 Å². The second-order valence-corrected chi connectivity index (χ2v) is 7.79. The number of pyridine rings is 1. The van der Waals surface area contributed by atoms with Gasteiger partial charge in [0.15, 0.2) is 0 Å². The highest BCUT2D eigenvalue weighted by Gasteiger charge is 2.19. The molecular weight excluding hydrogens is 350 g/mol. The van der Waals surface area contributed by atoms with Gasteiger partial charge < -0.3 is 4.90 Å². The fourth-order valence-electron chi connectivity index (χ4n) is 4.17. The predicted octanol–water partition coefficient (Wildman–Crippen LogP) is 3.06. The van der Waals surface area contributed by atoms with Gasteiger partial charge in [-0.3, -0.25) is 13.9 Å². The first-order valence-electron chi connectivity index (χ1n) is 9.72. The van der Waals surface area contributed by atoms with Crippen molar-refractivity contribution in [2.24, 2.45) is 7.05 Å². The highest BCUT2D eigenvalue weighted by atomic mass is 16.1. The first-order valence-corrected chi connectivity index (χ1v) is 9.72. The SMILES string of the molecule is CN1CCC(c2ccc3nc(-c4ccc5c(cnn5C)c4)cc(=O)n3c2)CC1. The van der Waals surface area contributed by atoms with E-state index in [0.717, 1.165) is 42.4 Å². The Bertz CT molecular complexity index is 1230. The molecule has 0 aliphatic carbocycles. The van der Waals surface area contributed by atoms with Crippen molar-refractivity contribution in [2.45, 2.75) is 18.8 Å². The molecule has 5 rings (SSSR count). The summed E-state index contributed by atoms with van der Waals surface area (Å²) in [6.45, 7) is 2.21. The Kier molecular flexibility index (Phi) is 4.02. The number of fused-ring (bicyclic) bond motifs is 2. The van der Waals surface area contributed by atoms with E-state index in [9.17, 15) is 4.79 Å². The van der Waals surface area contributed by atoms with Crippen molar-refractivity contribution in [3.05, 3.63) is 64.7 Å². The van der Waals surface area contributed by atoms with Gasteiger partial charge in [-0.1, -0.05) is 12.1 Å². The quantitative estimate of drug-likeness (QED) is 0.542. The molecule has 0 N–H and O–H groups in total. The molecule has 6 heteroatoms. The molecule has 142 valence electrons. The third kappa shape index (κ3) is 2.90. The van der Waals surface area contributed by atoms with E-state index >= 15 is 0 Å². The first kappa shape index (κ1) is 17.1. The van der Waals surface area contributed by atoms with E-state index < -0.39 is 0 Å². The van der Waals surface area contributed by atoms with Gasteiger partial charge in [-0.2, -0.15) is 5.10 Å². The Hall–Kier alpha value is -2.99. The summed E-state index contributed by atoms with van der Waals surface area (Å²) in [5.41, 5.74) is 4.56. The van der Waals surface area contributed by atoms with Crippen LogP contribution >= 0.6 is 0 Å². The molecule has 1 aliphatic rings. The van der Waals surface area contributed by atoms with Crippen molar-refractivity contribution < 1.29 is 0 Å². The summed E-state index contributed by atoms with van der Waals surface area (Å²) in [6, 6.07) is 11.8. The molecule has 28 heavy (non-hydrogen) atoms. The molecule has 3 aromatic heterocycles. The van der Waals surface area contributed by atoms with Crippen LogP contribution in [0.15, 0.2) is 53.6 Å². The Morgan fingerprint density at radius 1 is 1.04 bits per heavy atom. The third-order valence-corrected chi connectivity index (χ3v) is 5.91. The molecule has 0 radical (unpaired) electrons. The summed E-state index contributed by atoms with van der Waals surface area (Å²) in [4.78, 5) is 19.9. The summed E-state index contributed by atoms with van der Waals surface area (Å²) in [6.07, 6.45) is 6.08. The second-order valence-electron chi connectivity index (χ2n) is 7.79. The summed E-state index contributed by atoms with van der Waals surface area (Å²) in [5.74, 6) is 0.514.